The summed E-state index contributed by atoms with van der Waals surface area (Å²) in [6.45, 7) is 0.924. The zero-order valence-electron chi connectivity index (χ0n) is 10.2. The number of aryl methyl sites for hydroxylation is 2. The summed E-state index contributed by atoms with van der Waals surface area (Å²) in [5.74, 6) is 2.69. The molecule has 18 heavy (non-hydrogen) atoms. The van der Waals surface area contributed by atoms with Crippen molar-refractivity contribution in [3.8, 4) is 0 Å². The number of thioether (sulfide) groups is 1. The molecule has 2 heterocycles. The van der Waals surface area contributed by atoms with Gasteiger partial charge in [-0.1, -0.05) is 11.6 Å². The number of aromatic nitrogens is 3. The number of hydrogen-bond acceptors (Lipinski definition) is 3. The Bertz CT molecular complexity index is 527. The van der Waals surface area contributed by atoms with E-state index in [1.807, 2.05) is 11.8 Å². The third-order valence-corrected chi connectivity index (χ3v) is 3.90. The fraction of sp³-hybridized carbons (Fsp3) is 0.500. The van der Waals surface area contributed by atoms with Crippen molar-refractivity contribution in [3.63, 3.8) is 0 Å². The third kappa shape index (κ3) is 2.92. The minimum absolute atomic E-state index is 0.566. The Morgan fingerprint density at radius 2 is 2.22 bits per heavy atom. The summed E-state index contributed by atoms with van der Waals surface area (Å²) in [7, 11) is 0. The highest BCUT2D eigenvalue weighted by Crippen LogP contribution is 2.24. The van der Waals surface area contributed by atoms with E-state index in [-0.39, 0.29) is 0 Å². The van der Waals surface area contributed by atoms with E-state index < -0.39 is 0 Å². The highest BCUT2D eigenvalue weighted by Gasteiger charge is 2.13. The highest BCUT2D eigenvalue weighted by atomic mass is 35.5. The van der Waals surface area contributed by atoms with Crippen molar-refractivity contribution in [1.82, 2.24) is 14.5 Å². The molecule has 3 nitrogen and oxygen atoms in total. The molecule has 0 atom stereocenters. The molecule has 0 saturated carbocycles. The minimum atomic E-state index is 0.566. The summed E-state index contributed by atoms with van der Waals surface area (Å²) in [6.07, 6.45) is 7.39. The molecule has 0 spiro atoms. The fourth-order valence-electron chi connectivity index (χ4n) is 1.98. The molecule has 6 heteroatoms. The molecule has 2 aromatic heterocycles. The Morgan fingerprint density at radius 3 is 2.94 bits per heavy atom. The standard InChI is InChI=1S/C12H15Cl2N3S/c1-18-6-2-5-17-11(3-4-13)16-10-8-15-7-9(14)12(10)17/h7-8H,2-6H2,1H3. The van der Waals surface area contributed by atoms with Crippen LogP contribution in [0, 0.1) is 0 Å². The molecule has 0 saturated heterocycles. The summed E-state index contributed by atoms with van der Waals surface area (Å²) in [4.78, 5) is 8.65. The van der Waals surface area contributed by atoms with Gasteiger partial charge in [-0.15, -0.1) is 11.6 Å². The van der Waals surface area contributed by atoms with Gasteiger partial charge >= 0.3 is 0 Å². The smallest absolute Gasteiger partial charge is 0.111 e. The molecule has 0 bridgehead atoms. The van der Waals surface area contributed by atoms with Crippen LogP contribution in [0.15, 0.2) is 12.4 Å². The predicted molar refractivity (Wildman–Crippen MR) is 80.0 cm³/mol. The third-order valence-electron chi connectivity index (χ3n) is 2.73. The zero-order chi connectivity index (χ0) is 13.0. The van der Waals surface area contributed by atoms with Gasteiger partial charge in [-0.2, -0.15) is 11.8 Å². The van der Waals surface area contributed by atoms with E-state index in [4.69, 9.17) is 23.2 Å². The number of rotatable bonds is 6. The van der Waals surface area contributed by atoms with Gasteiger partial charge in [0, 0.05) is 25.0 Å². The van der Waals surface area contributed by atoms with Crippen LogP contribution in [-0.4, -0.2) is 32.4 Å². The average molecular weight is 304 g/mol. The van der Waals surface area contributed by atoms with E-state index in [1.54, 1.807) is 12.4 Å². The second kappa shape index (κ2) is 6.64. The molecule has 0 N–H and O–H groups in total. The lowest BCUT2D eigenvalue weighted by Crippen LogP contribution is -2.06. The van der Waals surface area contributed by atoms with Crippen molar-refractivity contribution in [3.05, 3.63) is 23.2 Å². The molecule has 98 valence electrons. The first kappa shape index (κ1) is 14.0. The van der Waals surface area contributed by atoms with Crippen molar-refractivity contribution in [1.29, 1.82) is 0 Å². The van der Waals surface area contributed by atoms with Crippen LogP contribution in [0.4, 0.5) is 0 Å². The first-order valence-electron chi connectivity index (χ1n) is 5.81. The number of nitrogens with zero attached hydrogens (tertiary/aromatic N) is 3. The monoisotopic (exact) mass is 303 g/mol. The molecular formula is C12H15Cl2N3S. The van der Waals surface area contributed by atoms with E-state index in [0.29, 0.717) is 10.9 Å². The molecular weight excluding hydrogens is 289 g/mol. The van der Waals surface area contributed by atoms with Gasteiger partial charge in [0.15, 0.2) is 0 Å². The Hall–Kier alpha value is -0.450. The van der Waals surface area contributed by atoms with Crippen LogP contribution in [-0.2, 0) is 13.0 Å². The molecule has 0 amide bonds. The van der Waals surface area contributed by atoms with Gasteiger partial charge in [-0.25, -0.2) is 4.98 Å². The minimum Gasteiger partial charge on any atom is -0.327 e. The van der Waals surface area contributed by atoms with E-state index >= 15 is 0 Å². The van der Waals surface area contributed by atoms with Gasteiger partial charge in [-0.3, -0.25) is 4.98 Å². The maximum absolute atomic E-state index is 6.23. The molecule has 0 radical (unpaired) electrons. The average Bonchev–Trinajstić information content (AvgIpc) is 2.70. The summed E-state index contributed by atoms with van der Waals surface area (Å²) in [5.41, 5.74) is 1.83. The van der Waals surface area contributed by atoms with Crippen molar-refractivity contribution >= 4 is 46.0 Å². The predicted octanol–water partition coefficient (Wildman–Crippen LogP) is 3.62. The number of fused-ring (bicyclic) bond motifs is 1. The van der Waals surface area contributed by atoms with Gasteiger partial charge in [-0.05, 0) is 18.4 Å². The van der Waals surface area contributed by atoms with Crippen LogP contribution in [0.1, 0.15) is 12.2 Å². The molecule has 0 aliphatic carbocycles. The number of alkyl halides is 1. The quantitative estimate of drug-likeness (QED) is 0.603. The van der Waals surface area contributed by atoms with Gasteiger partial charge in [0.05, 0.1) is 16.7 Å². The van der Waals surface area contributed by atoms with Crippen LogP contribution < -0.4 is 0 Å². The van der Waals surface area contributed by atoms with E-state index in [2.05, 4.69) is 20.8 Å². The normalized spacial score (nSPS) is 11.3. The largest absolute Gasteiger partial charge is 0.327 e. The molecule has 2 aromatic rings. The first-order valence-corrected chi connectivity index (χ1v) is 8.12. The fourth-order valence-corrected chi connectivity index (χ4v) is 2.82. The summed E-state index contributed by atoms with van der Waals surface area (Å²) < 4.78 is 2.18. The van der Waals surface area contributed by atoms with Crippen LogP contribution in [0.3, 0.4) is 0 Å². The molecule has 0 fully saturated rings. The summed E-state index contributed by atoms with van der Waals surface area (Å²) >= 11 is 13.9. The Balaban J connectivity index is 2.40. The van der Waals surface area contributed by atoms with Crippen molar-refractivity contribution in [2.45, 2.75) is 19.4 Å². The van der Waals surface area contributed by atoms with Gasteiger partial charge < -0.3 is 4.57 Å². The molecule has 0 unspecified atom stereocenters. The lowest BCUT2D eigenvalue weighted by Gasteiger charge is -2.08. The van der Waals surface area contributed by atoms with Crippen molar-refractivity contribution < 1.29 is 0 Å². The lowest BCUT2D eigenvalue weighted by atomic mass is 10.3. The van der Waals surface area contributed by atoms with E-state index in [1.165, 1.54) is 0 Å². The van der Waals surface area contributed by atoms with Crippen molar-refractivity contribution in [2.75, 3.05) is 17.9 Å². The molecule has 2 rings (SSSR count). The van der Waals surface area contributed by atoms with Gasteiger partial charge in [0.2, 0.25) is 0 Å². The van der Waals surface area contributed by atoms with Crippen LogP contribution in [0.25, 0.3) is 11.0 Å². The number of halogens is 2. The topological polar surface area (TPSA) is 30.7 Å². The number of pyridine rings is 1. The SMILES string of the molecule is CSCCCn1c(CCCl)nc2cncc(Cl)c21. The maximum Gasteiger partial charge on any atom is 0.111 e. The van der Waals surface area contributed by atoms with Gasteiger partial charge in [0.1, 0.15) is 11.3 Å². The molecule has 0 aliphatic rings. The van der Waals surface area contributed by atoms with Crippen LogP contribution >= 0.6 is 35.0 Å². The molecule has 0 aliphatic heterocycles. The second-order valence-electron chi connectivity index (χ2n) is 3.95. The Morgan fingerprint density at radius 1 is 1.39 bits per heavy atom. The second-order valence-corrected chi connectivity index (χ2v) is 5.72. The Labute approximate surface area is 121 Å². The van der Waals surface area contributed by atoms with Crippen LogP contribution in [0.2, 0.25) is 5.02 Å². The van der Waals surface area contributed by atoms with E-state index in [9.17, 15) is 0 Å². The van der Waals surface area contributed by atoms with Gasteiger partial charge in [0.25, 0.3) is 0 Å². The van der Waals surface area contributed by atoms with Crippen molar-refractivity contribution in [2.24, 2.45) is 0 Å². The highest BCUT2D eigenvalue weighted by molar-refractivity contribution is 7.98. The van der Waals surface area contributed by atoms with E-state index in [0.717, 1.165) is 42.0 Å². The molecule has 0 aromatic carbocycles. The summed E-state index contributed by atoms with van der Waals surface area (Å²) in [6, 6.07) is 0. The maximum atomic E-state index is 6.23. The lowest BCUT2D eigenvalue weighted by molar-refractivity contribution is 0.665. The first-order chi connectivity index (χ1) is 8.77. The summed E-state index contributed by atoms with van der Waals surface area (Å²) in [5, 5.41) is 0.657. The Kier molecular flexibility index (Phi) is 5.15. The van der Waals surface area contributed by atoms with Crippen LogP contribution in [0.5, 0.6) is 0 Å². The zero-order valence-corrected chi connectivity index (χ0v) is 12.5. The number of imidazole rings is 1. The number of hydrogen-bond donors (Lipinski definition) is 0.